The van der Waals surface area contributed by atoms with Gasteiger partial charge in [-0.1, -0.05) is 0 Å². The molecule has 0 saturated carbocycles. The fourth-order valence-electron chi connectivity index (χ4n) is 4.94. The van der Waals surface area contributed by atoms with Crippen molar-refractivity contribution in [1.29, 1.82) is 0 Å². The molecule has 14 heteroatoms. The van der Waals surface area contributed by atoms with Gasteiger partial charge in [0.05, 0.1) is 43.2 Å². The molecule has 11 nitrogen and oxygen atoms in total. The second-order valence-electron chi connectivity index (χ2n) is 10.1. The van der Waals surface area contributed by atoms with Crippen molar-refractivity contribution in [3.63, 3.8) is 0 Å². The van der Waals surface area contributed by atoms with Crippen molar-refractivity contribution in [3.05, 3.63) is 71.8 Å². The van der Waals surface area contributed by atoms with Crippen LogP contribution in [0.2, 0.25) is 0 Å². The highest BCUT2D eigenvalue weighted by molar-refractivity contribution is 7.92. The molecule has 44 heavy (non-hydrogen) atoms. The summed E-state index contributed by atoms with van der Waals surface area (Å²) in [7, 11) is -2.91. The first kappa shape index (κ1) is 29.5. The Morgan fingerprint density at radius 3 is 2.82 bits per heavy atom. The summed E-state index contributed by atoms with van der Waals surface area (Å²) in [6.07, 6.45) is 1.18. The van der Waals surface area contributed by atoms with Crippen molar-refractivity contribution < 1.29 is 40.9 Å². The third-order valence-corrected chi connectivity index (χ3v) is 9.00. The van der Waals surface area contributed by atoms with Crippen molar-refractivity contribution in [1.82, 2.24) is 15.3 Å². The average Bonchev–Trinajstić information content (AvgIpc) is 3.14. The number of rotatable bonds is 8. The standard InChI is InChI=1S/C30H28F2N4O7S/c1-40-10-11-41-21-3-4-24-25(15-21)42-9-7-36(24)28-5-2-18-16-33-20(14-23(18)35-28)17-34-30(37)19-12-22(31)29-26(13-19)44(38,39)27(32)6-8-43-29/h2-5,12-16,27H,6-11,17H2,1H3,(H,34,37)/t27-/m1/s1. The van der Waals surface area contributed by atoms with E-state index in [2.05, 4.69) is 10.3 Å². The van der Waals surface area contributed by atoms with Crippen LogP contribution in [0.1, 0.15) is 22.5 Å². The number of halogens is 2. The number of amides is 1. The van der Waals surface area contributed by atoms with Crippen LogP contribution in [0.15, 0.2) is 59.6 Å². The van der Waals surface area contributed by atoms with E-state index < -0.39 is 44.1 Å². The molecular weight excluding hydrogens is 598 g/mol. The van der Waals surface area contributed by atoms with Crippen LogP contribution in [0.5, 0.6) is 17.2 Å². The molecule has 0 unspecified atom stereocenters. The van der Waals surface area contributed by atoms with Gasteiger partial charge in [0.2, 0.25) is 15.3 Å². The molecule has 1 atom stereocenters. The molecule has 0 spiro atoms. The SMILES string of the molecule is COCCOc1ccc2c(c1)OCCN2c1ccc2cnc(CNC(=O)c3cc(F)c4c(c3)S(=O)(=O)[C@@H](F)CCO4)cc2n1. The topological polar surface area (TPSA) is 129 Å². The Morgan fingerprint density at radius 2 is 1.98 bits per heavy atom. The van der Waals surface area contributed by atoms with Gasteiger partial charge in [-0.2, -0.15) is 0 Å². The van der Waals surface area contributed by atoms with Crippen LogP contribution in [0.25, 0.3) is 10.9 Å². The van der Waals surface area contributed by atoms with Gasteiger partial charge in [0.25, 0.3) is 5.91 Å². The Kier molecular flexibility index (Phi) is 8.19. The van der Waals surface area contributed by atoms with Crippen LogP contribution >= 0.6 is 0 Å². The maximum Gasteiger partial charge on any atom is 0.251 e. The highest BCUT2D eigenvalue weighted by Gasteiger charge is 2.35. The number of hydrogen-bond donors (Lipinski definition) is 1. The molecule has 0 saturated heterocycles. The molecule has 4 aromatic rings. The predicted molar refractivity (Wildman–Crippen MR) is 156 cm³/mol. The molecule has 4 heterocycles. The zero-order valence-corrected chi connectivity index (χ0v) is 24.4. The van der Waals surface area contributed by atoms with E-state index in [1.54, 1.807) is 19.4 Å². The number of ether oxygens (including phenoxy) is 4. The molecule has 1 amide bonds. The number of nitrogens with zero attached hydrogens (tertiary/aromatic N) is 3. The Balaban J connectivity index is 1.20. The number of nitrogens with one attached hydrogen (secondary N) is 1. The van der Waals surface area contributed by atoms with E-state index in [9.17, 15) is 22.0 Å². The summed E-state index contributed by atoms with van der Waals surface area (Å²) in [4.78, 5) is 23.4. The normalized spacial score (nSPS) is 17.1. The van der Waals surface area contributed by atoms with Crippen LogP contribution in [-0.2, 0) is 21.1 Å². The van der Waals surface area contributed by atoms with Gasteiger partial charge in [-0.25, -0.2) is 22.2 Å². The van der Waals surface area contributed by atoms with Crippen molar-refractivity contribution in [2.24, 2.45) is 0 Å². The van der Waals surface area contributed by atoms with E-state index in [0.717, 1.165) is 23.2 Å². The quantitative estimate of drug-likeness (QED) is 0.286. The summed E-state index contributed by atoms with van der Waals surface area (Å²) >= 11 is 0. The molecule has 0 fully saturated rings. The number of aromatic nitrogens is 2. The summed E-state index contributed by atoms with van der Waals surface area (Å²) in [6.45, 7) is 1.56. The molecule has 2 aliphatic rings. The monoisotopic (exact) mass is 626 g/mol. The maximum absolute atomic E-state index is 14.7. The molecule has 0 radical (unpaired) electrons. The lowest BCUT2D eigenvalue weighted by molar-refractivity contribution is 0.0949. The summed E-state index contributed by atoms with van der Waals surface area (Å²) in [6, 6.07) is 12.9. The van der Waals surface area contributed by atoms with Crippen LogP contribution < -0.4 is 24.4 Å². The van der Waals surface area contributed by atoms with E-state index in [-0.39, 0.29) is 18.7 Å². The van der Waals surface area contributed by atoms with Gasteiger partial charge in [0, 0.05) is 36.7 Å². The van der Waals surface area contributed by atoms with Gasteiger partial charge in [-0.3, -0.25) is 9.78 Å². The minimum atomic E-state index is -4.52. The number of carbonyl (C=O) groups excluding carboxylic acids is 1. The van der Waals surface area contributed by atoms with Crippen LogP contribution in [0.3, 0.4) is 0 Å². The van der Waals surface area contributed by atoms with Gasteiger partial charge >= 0.3 is 0 Å². The number of carbonyl (C=O) groups is 1. The lowest BCUT2D eigenvalue weighted by Crippen LogP contribution is -2.29. The molecular formula is C30H28F2N4O7S. The van der Waals surface area contributed by atoms with Gasteiger partial charge in [0.1, 0.15) is 35.4 Å². The first-order valence-electron chi connectivity index (χ1n) is 13.8. The predicted octanol–water partition coefficient (Wildman–Crippen LogP) is 4.11. The largest absolute Gasteiger partial charge is 0.491 e. The zero-order valence-electron chi connectivity index (χ0n) is 23.6. The summed E-state index contributed by atoms with van der Waals surface area (Å²) in [5.41, 5.74) is -0.623. The van der Waals surface area contributed by atoms with Crippen LogP contribution in [-0.4, -0.2) is 69.9 Å². The highest BCUT2D eigenvalue weighted by atomic mass is 32.2. The number of fused-ring (bicyclic) bond motifs is 3. The third kappa shape index (κ3) is 5.82. The second-order valence-corrected chi connectivity index (χ2v) is 12.1. The van der Waals surface area contributed by atoms with Gasteiger partial charge < -0.3 is 29.2 Å². The summed E-state index contributed by atoms with van der Waals surface area (Å²) in [5.74, 6) is -0.389. The smallest absolute Gasteiger partial charge is 0.251 e. The molecule has 0 bridgehead atoms. The molecule has 1 N–H and O–H groups in total. The van der Waals surface area contributed by atoms with E-state index in [1.165, 1.54) is 0 Å². The van der Waals surface area contributed by atoms with E-state index in [0.29, 0.717) is 54.9 Å². The van der Waals surface area contributed by atoms with E-state index in [1.807, 2.05) is 35.2 Å². The first-order chi connectivity index (χ1) is 21.2. The van der Waals surface area contributed by atoms with Crippen molar-refractivity contribution in [2.75, 3.05) is 45.0 Å². The number of methoxy groups -OCH3 is 1. The fourth-order valence-corrected chi connectivity index (χ4v) is 6.32. The number of hydrogen-bond acceptors (Lipinski definition) is 10. The van der Waals surface area contributed by atoms with Gasteiger partial charge in [-0.05, 0) is 42.5 Å². The molecule has 2 aromatic carbocycles. The number of benzene rings is 2. The summed E-state index contributed by atoms with van der Waals surface area (Å²) in [5, 5.41) is 3.39. The molecule has 230 valence electrons. The van der Waals surface area contributed by atoms with Crippen LogP contribution in [0, 0.1) is 5.82 Å². The van der Waals surface area contributed by atoms with Gasteiger partial charge in [0.15, 0.2) is 11.6 Å². The molecule has 2 aliphatic heterocycles. The Labute approximate surface area is 251 Å². The third-order valence-electron chi connectivity index (χ3n) is 7.18. The zero-order chi connectivity index (χ0) is 30.8. The first-order valence-corrected chi connectivity index (χ1v) is 15.3. The number of anilines is 2. The Hall–Kier alpha value is -4.56. The number of alkyl halides is 1. The van der Waals surface area contributed by atoms with Gasteiger partial charge in [-0.15, -0.1) is 0 Å². The average molecular weight is 627 g/mol. The van der Waals surface area contributed by atoms with E-state index >= 15 is 0 Å². The Morgan fingerprint density at radius 1 is 1.11 bits per heavy atom. The second kappa shape index (κ2) is 12.2. The molecule has 6 rings (SSSR count). The number of sulfone groups is 1. The Bertz CT molecular complexity index is 1840. The molecule has 0 aliphatic carbocycles. The van der Waals surface area contributed by atoms with Crippen molar-refractivity contribution in [2.45, 2.75) is 23.4 Å². The fraction of sp³-hybridized carbons (Fsp3) is 0.300. The van der Waals surface area contributed by atoms with Crippen LogP contribution in [0.4, 0.5) is 20.3 Å². The minimum Gasteiger partial charge on any atom is -0.491 e. The lowest BCUT2D eigenvalue weighted by atomic mass is 10.2. The summed E-state index contributed by atoms with van der Waals surface area (Å²) < 4.78 is 75.7. The molecule has 2 aromatic heterocycles. The highest BCUT2D eigenvalue weighted by Crippen LogP contribution is 2.39. The van der Waals surface area contributed by atoms with Crippen molar-refractivity contribution >= 4 is 38.2 Å². The maximum atomic E-state index is 14.7. The van der Waals surface area contributed by atoms with Crippen molar-refractivity contribution in [3.8, 4) is 17.2 Å². The minimum absolute atomic E-state index is 0.0550. The lowest BCUT2D eigenvalue weighted by Gasteiger charge is -2.30. The number of pyridine rings is 2. The van der Waals surface area contributed by atoms with E-state index in [4.69, 9.17) is 23.9 Å².